The average Bonchev–Trinajstić information content (AvgIpc) is 2.86. The van der Waals surface area contributed by atoms with Crippen LogP contribution in [-0.2, 0) is 10.0 Å². The van der Waals surface area contributed by atoms with Crippen LogP contribution in [0.4, 0.5) is 5.13 Å². The minimum Gasteiger partial charge on any atom is -0.298 e. The van der Waals surface area contributed by atoms with E-state index in [-0.39, 0.29) is 10.8 Å². The molecule has 0 unspecified atom stereocenters. The van der Waals surface area contributed by atoms with Crippen molar-refractivity contribution in [1.82, 2.24) is 9.29 Å². The van der Waals surface area contributed by atoms with Gasteiger partial charge in [0, 0.05) is 19.7 Å². The van der Waals surface area contributed by atoms with E-state index < -0.39 is 10.0 Å². The SMILES string of the molecule is CSc1sc(NC(=O)c2ccc(S(=O)(=O)N(C)C)cc2)nc1C. The van der Waals surface area contributed by atoms with Gasteiger partial charge in [-0.2, -0.15) is 0 Å². The Morgan fingerprint density at radius 3 is 2.35 bits per heavy atom. The second-order valence-corrected chi connectivity index (χ2v) is 9.09. The number of carbonyl (C=O) groups is 1. The van der Waals surface area contributed by atoms with Crippen LogP contribution in [0, 0.1) is 6.92 Å². The summed E-state index contributed by atoms with van der Waals surface area (Å²) in [7, 11) is -0.571. The van der Waals surface area contributed by atoms with Gasteiger partial charge >= 0.3 is 0 Å². The van der Waals surface area contributed by atoms with Crippen LogP contribution >= 0.6 is 23.1 Å². The van der Waals surface area contributed by atoms with Gasteiger partial charge < -0.3 is 0 Å². The van der Waals surface area contributed by atoms with Gasteiger partial charge in [0.25, 0.3) is 5.91 Å². The minimum absolute atomic E-state index is 0.147. The number of anilines is 1. The van der Waals surface area contributed by atoms with E-state index in [0.29, 0.717) is 10.7 Å². The molecule has 9 heteroatoms. The van der Waals surface area contributed by atoms with Crippen molar-refractivity contribution < 1.29 is 13.2 Å². The van der Waals surface area contributed by atoms with Crippen molar-refractivity contribution in [2.45, 2.75) is 16.0 Å². The lowest BCUT2D eigenvalue weighted by Crippen LogP contribution is -2.22. The number of hydrogen-bond acceptors (Lipinski definition) is 6. The third-order valence-electron chi connectivity index (χ3n) is 3.05. The molecule has 0 atom stereocenters. The molecule has 0 saturated heterocycles. The Kier molecular flexibility index (Phi) is 5.45. The van der Waals surface area contributed by atoms with Gasteiger partial charge in [-0.15, -0.1) is 11.8 Å². The Bertz CT molecular complexity index is 812. The monoisotopic (exact) mass is 371 g/mol. The zero-order chi connectivity index (χ0) is 17.2. The summed E-state index contributed by atoms with van der Waals surface area (Å²) < 4.78 is 26.2. The number of aromatic nitrogens is 1. The molecule has 2 rings (SSSR count). The number of rotatable bonds is 5. The number of thioether (sulfide) groups is 1. The molecule has 0 aliphatic heterocycles. The molecule has 1 aromatic heterocycles. The number of hydrogen-bond donors (Lipinski definition) is 1. The van der Waals surface area contributed by atoms with Crippen LogP contribution in [0.5, 0.6) is 0 Å². The molecule has 23 heavy (non-hydrogen) atoms. The molecule has 0 fully saturated rings. The van der Waals surface area contributed by atoms with E-state index in [4.69, 9.17) is 0 Å². The van der Waals surface area contributed by atoms with Crippen LogP contribution in [0.3, 0.4) is 0 Å². The van der Waals surface area contributed by atoms with Crippen molar-refractivity contribution >= 4 is 44.2 Å². The molecule has 2 aromatic rings. The Hall–Kier alpha value is -1.42. The molecule has 1 N–H and O–H groups in total. The third kappa shape index (κ3) is 3.92. The summed E-state index contributed by atoms with van der Waals surface area (Å²) >= 11 is 2.99. The van der Waals surface area contributed by atoms with Crippen LogP contribution in [-0.4, -0.2) is 44.0 Å². The summed E-state index contributed by atoms with van der Waals surface area (Å²) in [5, 5.41) is 3.26. The molecule has 0 aliphatic carbocycles. The first kappa shape index (κ1) is 17.9. The standard InChI is InChI=1S/C14H17N3O3S3/c1-9-13(21-4)22-14(15-9)16-12(18)10-5-7-11(8-6-10)23(19,20)17(2)3/h5-8H,1-4H3,(H,15,16,18). The topological polar surface area (TPSA) is 79.4 Å². The number of nitrogens with zero attached hydrogens (tertiary/aromatic N) is 2. The smallest absolute Gasteiger partial charge is 0.257 e. The normalized spacial score (nSPS) is 11.7. The van der Waals surface area contributed by atoms with Crippen molar-refractivity contribution in [3.8, 4) is 0 Å². The van der Waals surface area contributed by atoms with E-state index in [9.17, 15) is 13.2 Å². The lowest BCUT2D eigenvalue weighted by molar-refractivity contribution is 0.102. The molecule has 0 spiro atoms. The lowest BCUT2D eigenvalue weighted by atomic mass is 10.2. The molecule has 1 amide bonds. The lowest BCUT2D eigenvalue weighted by Gasteiger charge is -2.11. The van der Waals surface area contributed by atoms with Crippen LogP contribution < -0.4 is 5.32 Å². The van der Waals surface area contributed by atoms with Gasteiger partial charge in [-0.1, -0.05) is 11.3 Å². The summed E-state index contributed by atoms with van der Waals surface area (Å²) in [4.78, 5) is 16.6. The number of sulfonamides is 1. The first-order chi connectivity index (χ1) is 10.8. The fourth-order valence-corrected chi connectivity index (χ4v) is 4.29. The van der Waals surface area contributed by atoms with E-state index in [1.165, 1.54) is 49.7 Å². The Morgan fingerprint density at radius 2 is 1.87 bits per heavy atom. The summed E-state index contributed by atoms with van der Waals surface area (Å²) in [5.74, 6) is -0.319. The van der Waals surface area contributed by atoms with Gasteiger partial charge in [-0.25, -0.2) is 17.7 Å². The Balaban J connectivity index is 2.17. The predicted molar refractivity (Wildman–Crippen MR) is 93.9 cm³/mol. The molecular formula is C14H17N3O3S3. The van der Waals surface area contributed by atoms with Gasteiger partial charge in [-0.05, 0) is 37.4 Å². The van der Waals surface area contributed by atoms with Crippen molar-refractivity contribution in [3.05, 3.63) is 35.5 Å². The number of nitrogens with one attached hydrogen (secondary N) is 1. The molecule has 1 heterocycles. The summed E-state index contributed by atoms with van der Waals surface area (Å²) in [6, 6.07) is 5.82. The van der Waals surface area contributed by atoms with Crippen molar-refractivity contribution in [2.75, 3.05) is 25.7 Å². The zero-order valence-electron chi connectivity index (χ0n) is 13.2. The fourth-order valence-electron chi connectivity index (χ4n) is 1.78. The van der Waals surface area contributed by atoms with E-state index >= 15 is 0 Å². The highest BCUT2D eigenvalue weighted by Gasteiger charge is 2.18. The third-order valence-corrected chi connectivity index (χ3v) is 7.17. The largest absolute Gasteiger partial charge is 0.298 e. The van der Waals surface area contributed by atoms with Gasteiger partial charge in [0.2, 0.25) is 10.0 Å². The number of aryl methyl sites for hydroxylation is 1. The van der Waals surface area contributed by atoms with Crippen LogP contribution in [0.1, 0.15) is 16.1 Å². The molecule has 124 valence electrons. The van der Waals surface area contributed by atoms with Crippen molar-refractivity contribution in [2.24, 2.45) is 0 Å². The Morgan fingerprint density at radius 1 is 1.26 bits per heavy atom. The highest BCUT2D eigenvalue weighted by Crippen LogP contribution is 2.30. The van der Waals surface area contributed by atoms with E-state index in [0.717, 1.165) is 14.2 Å². The predicted octanol–water partition coefficient (Wildman–Crippen LogP) is 2.68. The van der Waals surface area contributed by atoms with E-state index in [1.54, 1.807) is 11.8 Å². The fraction of sp³-hybridized carbons (Fsp3) is 0.286. The molecule has 0 saturated carbocycles. The van der Waals surface area contributed by atoms with Gasteiger partial charge in [0.15, 0.2) is 5.13 Å². The second kappa shape index (κ2) is 7.00. The number of benzene rings is 1. The zero-order valence-corrected chi connectivity index (χ0v) is 15.6. The molecule has 1 aromatic carbocycles. The molecule has 0 aliphatic rings. The van der Waals surface area contributed by atoms with Gasteiger partial charge in [0.1, 0.15) is 0 Å². The molecule has 0 radical (unpaired) electrons. The minimum atomic E-state index is -3.50. The number of carbonyl (C=O) groups excluding carboxylic acids is 1. The molecule has 6 nitrogen and oxygen atoms in total. The molecular weight excluding hydrogens is 354 g/mol. The Labute approximate surface area is 144 Å². The highest BCUT2D eigenvalue weighted by molar-refractivity contribution is 8.00. The van der Waals surface area contributed by atoms with Crippen molar-refractivity contribution in [1.29, 1.82) is 0 Å². The second-order valence-electron chi connectivity index (χ2n) is 4.86. The number of amides is 1. The summed E-state index contributed by atoms with van der Waals surface area (Å²) in [5.41, 5.74) is 1.26. The van der Waals surface area contributed by atoms with Crippen LogP contribution in [0.2, 0.25) is 0 Å². The maximum Gasteiger partial charge on any atom is 0.257 e. The summed E-state index contributed by atoms with van der Waals surface area (Å²) in [6.07, 6.45) is 1.95. The van der Waals surface area contributed by atoms with Crippen LogP contribution in [0.25, 0.3) is 0 Å². The first-order valence-electron chi connectivity index (χ1n) is 6.61. The maximum absolute atomic E-state index is 12.2. The van der Waals surface area contributed by atoms with Crippen molar-refractivity contribution in [3.63, 3.8) is 0 Å². The van der Waals surface area contributed by atoms with Gasteiger partial charge in [-0.3, -0.25) is 10.1 Å². The quantitative estimate of drug-likeness (QED) is 0.818. The summed E-state index contributed by atoms with van der Waals surface area (Å²) in [6.45, 7) is 1.89. The van der Waals surface area contributed by atoms with Gasteiger partial charge in [0.05, 0.1) is 14.8 Å². The average molecular weight is 372 g/mol. The molecule has 0 bridgehead atoms. The highest BCUT2D eigenvalue weighted by atomic mass is 32.2. The first-order valence-corrected chi connectivity index (χ1v) is 10.1. The van der Waals surface area contributed by atoms with E-state index in [1.807, 2.05) is 13.2 Å². The number of thiazole rings is 1. The maximum atomic E-state index is 12.2. The van der Waals surface area contributed by atoms with Crippen LogP contribution in [0.15, 0.2) is 33.4 Å². The van der Waals surface area contributed by atoms with E-state index in [2.05, 4.69) is 10.3 Å².